The van der Waals surface area contributed by atoms with E-state index in [-0.39, 0.29) is 0 Å². The average molecular weight is 203 g/mol. The minimum Gasteiger partial charge on any atom is -0.299 e. The third kappa shape index (κ3) is 2.45. The summed E-state index contributed by atoms with van der Waals surface area (Å²) in [4.78, 5) is 13.2. The molecule has 1 aromatic carbocycles. The van der Waals surface area contributed by atoms with Crippen molar-refractivity contribution >= 4 is 6.29 Å². The Morgan fingerprint density at radius 1 is 1.33 bits per heavy atom. The summed E-state index contributed by atoms with van der Waals surface area (Å²) in [5.41, 5.74) is 3.14. The first-order valence-corrected chi connectivity index (χ1v) is 5.56. The Balaban J connectivity index is 2.10. The fourth-order valence-corrected chi connectivity index (χ4v) is 2.11. The molecular weight excluding hydrogens is 186 g/mol. The first kappa shape index (κ1) is 10.4. The second-order valence-corrected chi connectivity index (χ2v) is 4.29. The summed E-state index contributed by atoms with van der Waals surface area (Å²) < 4.78 is 0. The summed E-state index contributed by atoms with van der Waals surface area (Å²) in [6.07, 6.45) is 3.57. The van der Waals surface area contributed by atoms with E-state index in [0.29, 0.717) is 0 Å². The van der Waals surface area contributed by atoms with Crippen LogP contribution in [0.15, 0.2) is 18.2 Å². The van der Waals surface area contributed by atoms with Crippen LogP contribution in [0.5, 0.6) is 0 Å². The fraction of sp³-hybridized carbons (Fsp3) is 0.462. The molecule has 1 aromatic rings. The number of carbonyl (C=O) groups is 1. The first-order chi connectivity index (χ1) is 7.29. The van der Waals surface area contributed by atoms with Crippen LogP contribution in [0.2, 0.25) is 0 Å². The van der Waals surface area contributed by atoms with E-state index < -0.39 is 0 Å². The van der Waals surface area contributed by atoms with Crippen molar-refractivity contribution in [3.8, 4) is 0 Å². The largest absolute Gasteiger partial charge is 0.299 e. The highest BCUT2D eigenvalue weighted by Gasteiger charge is 2.11. The number of aryl methyl sites for hydroxylation is 1. The zero-order chi connectivity index (χ0) is 10.7. The molecular formula is C13H17NO. The molecule has 80 valence electrons. The van der Waals surface area contributed by atoms with Gasteiger partial charge < -0.3 is 0 Å². The molecule has 2 heteroatoms. The van der Waals surface area contributed by atoms with Crippen molar-refractivity contribution in [2.24, 2.45) is 0 Å². The Hall–Kier alpha value is -1.15. The average Bonchev–Trinajstić information content (AvgIpc) is 2.73. The van der Waals surface area contributed by atoms with E-state index in [1.807, 2.05) is 19.1 Å². The first-order valence-electron chi connectivity index (χ1n) is 5.56. The van der Waals surface area contributed by atoms with Crippen molar-refractivity contribution in [1.82, 2.24) is 4.90 Å². The van der Waals surface area contributed by atoms with Crippen molar-refractivity contribution < 1.29 is 4.79 Å². The van der Waals surface area contributed by atoms with Gasteiger partial charge in [0, 0.05) is 12.1 Å². The van der Waals surface area contributed by atoms with Crippen LogP contribution in [0, 0.1) is 6.92 Å². The van der Waals surface area contributed by atoms with Gasteiger partial charge in [0.15, 0.2) is 0 Å². The van der Waals surface area contributed by atoms with Crippen LogP contribution in [-0.2, 0) is 6.54 Å². The number of benzene rings is 1. The Labute approximate surface area is 90.9 Å². The molecule has 0 aromatic heterocycles. The van der Waals surface area contributed by atoms with Gasteiger partial charge in [0.05, 0.1) is 0 Å². The van der Waals surface area contributed by atoms with Crippen LogP contribution in [0.25, 0.3) is 0 Å². The molecule has 0 bridgehead atoms. The number of nitrogens with zero attached hydrogens (tertiary/aromatic N) is 1. The van der Waals surface area contributed by atoms with Gasteiger partial charge in [-0.2, -0.15) is 0 Å². The molecule has 1 heterocycles. The summed E-state index contributed by atoms with van der Waals surface area (Å²) in [5.74, 6) is 0. The highest BCUT2D eigenvalue weighted by Crippen LogP contribution is 2.15. The maximum absolute atomic E-state index is 10.8. The predicted octanol–water partition coefficient (Wildman–Crippen LogP) is 2.40. The Morgan fingerprint density at radius 3 is 2.73 bits per heavy atom. The van der Waals surface area contributed by atoms with Gasteiger partial charge in [0.1, 0.15) is 6.29 Å². The molecule has 1 aliphatic heterocycles. The van der Waals surface area contributed by atoms with E-state index in [2.05, 4.69) is 11.0 Å². The molecule has 0 amide bonds. The molecule has 0 radical (unpaired) electrons. The summed E-state index contributed by atoms with van der Waals surface area (Å²) in [7, 11) is 0. The molecule has 0 aliphatic carbocycles. The molecule has 2 rings (SSSR count). The lowest BCUT2D eigenvalue weighted by atomic mass is 10.1. The summed E-state index contributed by atoms with van der Waals surface area (Å²) in [6, 6.07) is 6.18. The number of rotatable bonds is 3. The third-order valence-electron chi connectivity index (χ3n) is 3.08. The lowest BCUT2D eigenvalue weighted by Gasteiger charge is -2.15. The fourth-order valence-electron chi connectivity index (χ4n) is 2.11. The number of aldehydes is 1. The van der Waals surface area contributed by atoms with E-state index in [4.69, 9.17) is 0 Å². The molecule has 0 unspecified atom stereocenters. The van der Waals surface area contributed by atoms with Gasteiger partial charge in [-0.1, -0.05) is 12.1 Å². The lowest BCUT2D eigenvalue weighted by Crippen LogP contribution is -2.18. The second-order valence-electron chi connectivity index (χ2n) is 4.29. The maximum Gasteiger partial charge on any atom is 0.150 e. The minimum absolute atomic E-state index is 0.826. The summed E-state index contributed by atoms with van der Waals surface area (Å²) >= 11 is 0. The lowest BCUT2D eigenvalue weighted by molar-refractivity contribution is 0.112. The molecule has 15 heavy (non-hydrogen) atoms. The number of carbonyl (C=O) groups excluding carboxylic acids is 1. The van der Waals surface area contributed by atoms with Crippen LogP contribution < -0.4 is 0 Å². The molecule has 0 spiro atoms. The normalized spacial score (nSPS) is 16.9. The Bertz CT molecular complexity index is 354. The van der Waals surface area contributed by atoms with Crippen molar-refractivity contribution in [3.05, 3.63) is 34.9 Å². The zero-order valence-corrected chi connectivity index (χ0v) is 9.20. The van der Waals surface area contributed by atoms with Gasteiger partial charge in [0.2, 0.25) is 0 Å². The zero-order valence-electron chi connectivity index (χ0n) is 9.20. The Kier molecular flexibility index (Phi) is 3.17. The van der Waals surface area contributed by atoms with Gasteiger partial charge in [-0.05, 0) is 50.0 Å². The molecule has 1 fully saturated rings. The van der Waals surface area contributed by atoms with E-state index in [1.165, 1.54) is 31.5 Å². The summed E-state index contributed by atoms with van der Waals surface area (Å²) in [5, 5.41) is 0. The minimum atomic E-state index is 0.826. The van der Waals surface area contributed by atoms with Crippen LogP contribution in [0.4, 0.5) is 0 Å². The SMILES string of the molecule is Cc1ccc(CN2CCCC2)cc1C=O. The quantitative estimate of drug-likeness (QED) is 0.703. The van der Waals surface area contributed by atoms with Crippen molar-refractivity contribution in [3.63, 3.8) is 0 Å². The van der Waals surface area contributed by atoms with E-state index >= 15 is 0 Å². The van der Waals surface area contributed by atoms with Crippen LogP contribution in [0.3, 0.4) is 0 Å². The van der Waals surface area contributed by atoms with Crippen LogP contribution >= 0.6 is 0 Å². The molecule has 0 atom stereocenters. The topological polar surface area (TPSA) is 20.3 Å². The van der Waals surface area contributed by atoms with Crippen LogP contribution in [-0.4, -0.2) is 24.3 Å². The molecule has 0 N–H and O–H groups in total. The van der Waals surface area contributed by atoms with Gasteiger partial charge in [-0.3, -0.25) is 9.69 Å². The Morgan fingerprint density at radius 2 is 2.07 bits per heavy atom. The highest BCUT2D eigenvalue weighted by molar-refractivity contribution is 5.77. The highest BCUT2D eigenvalue weighted by atomic mass is 16.1. The van der Waals surface area contributed by atoms with Gasteiger partial charge in [-0.15, -0.1) is 0 Å². The van der Waals surface area contributed by atoms with Gasteiger partial charge in [-0.25, -0.2) is 0 Å². The molecule has 1 saturated heterocycles. The van der Waals surface area contributed by atoms with E-state index in [0.717, 1.165) is 24.0 Å². The summed E-state index contributed by atoms with van der Waals surface area (Å²) in [6.45, 7) is 5.36. The molecule has 2 nitrogen and oxygen atoms in total. The smallest absolute Gasteiger partial charge is 0.150 e. The van der Waals surface area contributed by atoms with Crippen molar-refractivity contribution in [1.29, 1.82) is 0 Å². The van der Waals surface area contributed by atoms with Gasteiger partial charge in [0.25, 0.3) is 0 Å². The maximum atomic E-state index is 10.8. The van der Waals surface area contributed by atoms with E-state index in [1.54, 1.807) is 0 Å². The van der Waals surface area contributed by atoms with Crippen molar-refractivity contribution in [2.45, 2.75) is 26.3 Å². The monoisotopic (exact) mass is 203 g/mol. The van der Waals surface area contributed by atoms with Gasteiger partial charge >= 0.3 is 0 Å². The number of hydrogen-bond acceptors (Lipinski definition) is 2. The number of likely N-dealkylation sites (tertiary alicyclic amines) is 1. The number of hydrogen-bond donors (Lipinski definition) is 0. The standard InChI is InChI=1S/C13H17NO/c1-11-4-5-12(8-13(11)10-15)9-14-6-2-3-7-14/h4-5,8,10H,2-3,6-7,9H2,1H3. The van der Waals surface area contributed by atoms with Crippen molar-refractivity contribution in [2.75, 3.05) is 13.1 Å². The third-order valence-corrected chi connectivity index (χ3v) is 3.08. The second kappa shape index (κ2) is 4.58. The van der Waals surface area contributed by atoms with E-state index in [9.17, 15) is 4.79 Å². The van der Waals surface area contributed by atoms with Crippen LogP contribution in [0.1, 0.15) is 34.3 Å². The molecule has 0 saturated carbocycles. The predicted molar refractivity (Wildman–Crippen MR) is 61.1 cm³/mol. The molecule has 1 aliphatic rings.